The van der Waals surface area contributed by atoms with Gasteiger partial charge in [0.1, 0.15) is 0 Å². The predicted octanol–water partition coefficient (Wildman–Crippen LogP) is 1.10. The minimum atomic E-state index is -0.653. The summed E-state index contributed by atoms with van der Waals surface area (Å²) in [5.41, 5.74) is 1.71. The lowest BCUT2D eigenvalue weighted by atomic mass is 10.2. The summed E-state index contributed by atoms with van der Waals surface area (Å²) in [5, 5.41) is 0. The number of aromatic amines is 1. The first kappa shape index (κ1) is 13.2. The van der Waals surface area contributed by atoms with Crippen molar-refractivity contribution in [2.75, 3.05) is 0 Å². The van der Waals surface area contributed by atoms with Crippen molar-refractivity contribution in [1.29, 1.82) is 0 Å². The summed E-state index contributed by atoms with van der Waals surface area (Å²) in [5.74, 6) is 0.315. The summed E-state index contributed by atoms with van der Waals surface area (Å²) < 4.78 is 1.85. The molecule has 0 spiro atoms. The fourth-order valence-corrected chi connectivity index (χ4v) is 2.29. The van der Waals surface area contributed by atoms with E-state index in [1.165, 1.54) is 0 Å². The Labute approximate surface area is 120 Å². The normalized spacial score (nSPS) is 11.0. The number of H-pyrrole nitrogens is 1. The van der Waals surface area contributed by atoms with Gasteiger partial charge in [-0.15, -0.1) is 0 Å². The SMILES string of the molecule is Cc1nc2c(=O)[nH]c(=O)nc-2n(Cc2ccccc2)c1C. The van der Waals surface area contributed by atoms with Crippen molar-refractivity contribution in [2.45, 2.75) is 20.4 Å². The zero-order valence-corrected chi connectivity index (χ0v) is 11.8. The quantitative estimate of drug-likeness (QED) is 0.763. The van der Waals surface area contributed by atoms with Gasteiger partial charge in [-0.3, -0.25) is 9.78 Å². The molecule has 0 aliphatic carbocycles. The summed E-state index contributed by atoms with van der Waals surface area (Å²) in [6.45, 7) is 4.27. The molecular formula is C15H14N4O2. The Morgan fingerprint density at radius 2 is 1.81 bits per heavy atom. The van der Waals surface area contributed by atoms with Crippen molar-refractivity contribution in [3.8, 4) is 11.5 Å². The summed E-state index contributed by atoms with van der Waals surface area (Å²) in [7, 11) is 0. The number of rotatable bonds is 2. The molecule has 6 heteroatoms. The molecular weight excluding hydrogens is 268 g/mol. The van der Waals surface area contributed by atoms with E-state index < -0.39 is 11.2 Å². The number of fused-ring (bicyclic) bond motifs is 1. The fraction of sp³-hybridized carbons (Fsp3) is 0.200. The maximum atomic E-state index is 11.9. The van der Waals surface area contributed by atoms with Crippen molar-refractivity contribution < 1.29 is 0 Å². The minimum absolute atomic E-state index is 0.189. The van der Waals surface area contributed by atoms with E-state index in [1.807, 2.05) is 48.7 Å². The van der Waals surface area contributed by atoms with Crippen LogP contribution in [0.5, 0.6) is 0 Å². The van der Waals surface area contributed by atoms with E-state index in [4.69, 9.17) is 0 Å². The van der Waals surface area contributed by atoms with Crippen LogP contribution in [-0.2, 0) is 6.54 Å². The zero-order chi connectivity index (χ0) is 15.0. The van der Waals surface area contributed by atoms with Crippen LogP contribution >= 0.6 is 0 Å². The summed E-state index contributed by atoms with van der Waals surface area (Å²) >= 11 is 0. The highest BCUT2D eigenvalue weighted by atomic mass is 16.2. The molecule has 21 heavy (non-hydrogen) atoms. The van der Waals surface area contributed by atoms with Gasteiger partial charge in [0.05, 0.1) is 5.69 Å². The molecule has 0 saturated carbocycles. The highest BCUT2D eigenvalue weighted by molar-refractivity contribution is 5.50. The molecule has 2 aliphatic rings. The van der Waals surface area contributed by atoms with Crippen molar-refractivity contribution in [3.63, 3.8) is 0 Å². The van der Waals surface area contributed by atoms with E-state index in [9.17, 15) is 9.59 Å². The van der Waals surface area contributed by atoms with Crippen LogP contribution in [0.4, 0.5) is 0 Å². The van der Waals surface area contributed by atoms with Gasteiger partial charge >= 0.3 is 5.69 Å². The molecule has 1 N–H and O–H groups in total. The molecule has 2 heterocycles. The first-order valence-corrected chi connectivity index (χ1v) is 6.58. The smallest absolute Gasteiger partial charge is 0.322 e. The van der Waals surface area contributed by atoms with Crippen LogP contribution in [0.1, 0.15) is 17.0 Å². The number of hydrogen-bond acceptors (Lipinski definition) is 4. The Balaban J connectivity index is 2.28. The molecule has 0 unspecified atom stereocenters. The molecule has 1 aromatic rings. The number of aromatic nitrogens is 4. The lowest BCUT2D eigenvalue weighted by Crippen LogP contribution is -2.30. The number of nitrogens with one attached hydrogen (secondary N) is 1. The number of aryl methyl sites for hydroxylation is 1. The van der Waals surface area contributed by atoms with Gasteiger partial charge in [-0.1, -0.05) is 30.3 Å². The Hall–Kier alpha value is -2.76. The van der Waals surface area contributed by atoms with E-state index in [0.29, 0.717) is 12.4 Å². The molecule has 2 aliphatic heterocycles. The van der Waals surface area contributed by atoms with Crippen molar-refractivity contribution in [1.82, 2.24) is 19.5 Å². The standard InChI is InChI=1S/C15H14N4O2/c1-9-10(2)19(8-11-6-4-3-5-7-11)13-12(16-9)14(20)18-15(21)17-13/h3-7H,8H2,1-2H3,(H,18,20,21). The van der Waals surface area contributed by atoms with Gasteiger partial charge in [0.2, 0.25) is 0 Å². The highest BCUT2D eigenvalue weighted by Gasteiger charge is 2.18. The van der Waals surface area contributed by atoms with Crippen LogP contribution in [0.25, 0.3) is 11.5 Å². The van der Waals surface area contributed by atoms with Crippen LogP contribution in [-0.4, -0.2) is 19.5 Å². The number of hydrogen-bond donors (Lipinski definition) is 1. The van der Waals surface area contributed by atoms with Crippen LogP contribution in [0.15, 0.2) is 39.9 Å². The zero-order valence-electron chi connectivity index (χ0n) is 11.8. The Morgan fingerprint density at radius 3 is 2.52 bits per heavy atom. The van der Waals surface area contributed by atoms with Gasteiger partial charge in [0.25, 0.3) is 5.56 Å². The summed E-state index contributed by atoms with van der Waals surface area (Å²) in [4.78, 5) is 33.7. The third-order valence-corrected chi connectivity index (χ3v) is 3.50. The van der Waals surface area contributed by atoms with Crippen molar-refractivity contribution >= 4 is 0 Å². The van der Waals surface area contributed by atoms with Gasteiger partial charge in [0, 0.05) is 12.2 Å². The Morgan fingerprint density at radius 1 is 1.10 bits per heavy atom. The van der Waals surface area contributed by atoms with Crippen LogP contribution < -0.4 is 11.2 Å². The molecule has 0 atom stereocenters. The second-order valence-electron chi connectivity index (χ2n) is 4.90. The summed E-state index contributed by atoms with van der Waals surface area (Å²) in [6.07, 6.45) is 0. The Kier molecular flexibility index (Phi) is 3.13. The van der Waals surface area contributed by atoms with Crippen molar-refractivity contribution in [2.24, 2.45) is 0 Å². The van der Waals surface area contributed by atoms with Crippen LogP contribution in [0.2, 0.25) is 0 Å². The average Bonchev–Trinajstić information content (AvgIpc) is 2.46. The van der Waals surface area contributed by atoms with Crippen LogP contribution in [0, 0.1) is 13.8 Å². The minimum Gasteiger partial charge on any atom is -0.322 e. The predicted molar refractivity (Wildman–Crippen MR) is 78.6 cm³/mol. The molecule has 0 aromatic heterocycles. The first-order valence-electron chi connectivity index (χ1n) is 6.58. The van der Waals surface area contributed by atoms with E-state index in [2.05, 4.69) is 15.0 Å². The number of benzene rings is 1. The molecule has 0 amide bonds. The fourth-order valence-electron chi connectivity index (χ4n) is 2.29. The second-order valence-corrected chi connectivity index (χ2v) is 4.90. The lowest BCUT2D eigenvalue weighted by molar-refractivity contribution is 0.717. The Bertz CT molecular complexity index is 881. The average molecular weight is 282 g/mol. The largest absolute Gasteiger partial charge is 0.349 e. The van der Waals surface area contributed by atoms with E-state index >= 15 is 0 Å². The van der Waals surface area contributed by atoms with Gasteiger partial charge in [0.15, 0.2) is 11.5 Å². The van der Waals surface area contributed by atoms with E-state index in [1.54, 1.807) is 0 Å². The van der Waals surface area contributed by atoms with E-state index in [0.717, 1.165) is 17.0 Å². The molecule has 1 aromatic carbocycles. The molecule has 3 rings (SSSR count). The summed E-state index contributed by atoms with van der Waals surface area (Å²) in [6, 6.07) is 9.80. The third kappa shape index (κ3) is 2.35. The monoisotopic (exact) mass is 282 g/mol. The maximum absolute atomic E-state index is 11.9. The third-order valence-electron chi connectivity index (χ3n) is 3.50. The molecule has 0 fully saturated rings. The van der Waals surface area contributed by atoms with Gasteiger partial charge < -0.3 is 4.57 Å². The van der Waals surface area contributed by atoms with Gasteiger partial charge in [-0.2, -0.15) is 4.98 Å². The first-order chi connectivity index (χ1) is 10.1. The molecule has 0 bridgehead atoms. The maximum Gasteiger partial charge on any atom is 0.349 e. The van der Waals surface area contributed by atoms with Crippen molar-refractivity contribution in [3.05, 3.63) is 68.1 Å². The lowest BCUT2D eigenvalue weighted by Gasteiger charge is -2.18. The molecule has 0 radical (unpaired) electrons. The molecule has 6 nitrogen and oxygen atoms in total. The van der Waals surface area contributed by atoms with Crippen LogP contribution in [0.3, 0.4) is 0 Å². The highest BCUT2D eigenvalue weighted by Crippen LogP contribution is 2.18. The van der Waals surface area contributed by atoms with Gasteiger partial charge in [-0.25, -0.2) is 9.78 Å². The molecule has 0 saturated heterocycles. The second kappa shape index (κ2) is 4.97. The van der Waals surface area contributed by atoms with Gasteiger partial charge in [-0.05, 0) is 19.4 Å². The topological polar surface area (TPSA) is 80.6 Å². The molecule has 106 valence electrons. The van der Waals surface area contributed by atoms with E-state index in [-0.39, 0.29) is 5.69 Å². The number of nitrogens with zero attached hydrogens (tertiary/aromatic N) is 3.